The Morgan fingerprint density at radius 3 is 2.86 bits per heavy atom. The van der Waals surface area contributed by atoms with E-state index in [-0.39, 0.29) is 11.8 Å². The van der Waals surface area contributed by atoms with Gasteiger partial charge >= 0.3 is 0 Å². The number of rotatable bonds is 2. The van der Waals surface area contributed by atoms with Gasteiger partial charge < -0.3 is 5.32 Å². The summed E-state index contributed by atoms with van der Waals surface area (Å²) in [5, 5.41) is 2.91. The van der Waals surface area contributed by atoms with Crippen LogP contribution in [0.2, 0.25) is 0 Å². The highest BCUT2D eigenvalue weighted by Gasteiger charge is 2.38. The summed E-state index contributed by atoms with van der Waals surface area (Å²) in [6, 6.07) is 7.66. The van der Waals surface area contributed by atoms with Gasteiger partial charge in [-0.15, -0.1) is 0 Å². The number of amides is 1. The molecular weight excluding hydrogens is 242 g/mol. The van der Waals surface area contributed by atoms with E-state index in [1.807, 2.05) is 24.3 Å². The Bertz CT molecular complexity index is 364. The second-order valence-corrected chi connectivity index (χ2v) is 4.73. The molecule has 1 fully saturated rings. The van der Waals surface area contributed by atoms with Gasteiger partial charge in [-0.25, -0.2) is 0 Å². The molecule has 0 heterocycles. The lowest BCUT2D eigenvalue weighted by molar-refractivity contribution is -0.117. The third-order valence-electron chi connectivity index (χ3n) is 2.54. The van der Waals surface area contributed by atoms with Gasteiger partial charge in [0.15, 0.2) is 0 Å². The fourth-order valence-corrected chi connectivity index (χ4v) is 1.89. The number of carbonyl (C=O) groups excluding carboxylic acids is 1. The highest BCUT2D eigenvalue weighted by molar-refractivity contribution is 9.10. The van der Waals surface area contributed by atoms with Gasteiger partial charge in [0.05, 0.1) is 0 Å². The van der Waals surface area contributed by atoms with Crippen LogP contribution in [-0.4, -0.2) is 5.91 Å². The summed E-state index contributed by atoms with van der Waals surface area (Å²) in [6.45, 7) is 2.10. The molecule has 0 unspecified atom stereocenters. The first-order chi connectivity index (χ1) is 6.66. The highest BCUT2D eigenvalue weighted by atomic mass is 79.9. The van der Waals surface area contributed by atoms with Crippen LogP contribution in [0.3, 0.4) is 0 Å². The van der Waals surface area contributed by atoms with Gasteiger partial charge in [-0.3, -0.25) is 4.79 Å². The molecule has 0 aliphatic heterocycles. The van der Waals surface area contributed by atoms with Crippen molar-refractivity contribution in [2.45, 2.75) is 13.3 Å². The standard InChI is InChI=1S/C11H12BrNO/c1-7-5-10(7)11(14)13-9-4-2-3-8(12)6-9/h2-4,6-7,10H,5H2,1H3,(H,13,14)/t7-,10+/m0/s1. The Kier molecular flexibility index (Phi) is 2.59. The van der Waals surface area contributed by atoms with Crippen molar-refractivity contribution in [3.05, 3.63) is 28.7 Å². The van der Waals surface area contributed by atoms with Gasteiger partial charge in [-0.2, -0.15) is 0 Å². The first-order valence-corrected chi connectivity index (χ1v) is 5.52. The van der Waals surface area contributed by atoms with Crippen molar-refractivity contribution < 1.29 is 4.79 Å². The molecule has 0 radical (unpaired) electrons. The maximum Gasteiger partial charge on any atom is 0.227 e. The first-order valence-electron chi connectivity index (χ1n) is 4.73. The molecule has 14 heavy (non-hydrogen) atoms. The van der Waals surface area contributed by atoms with Crippen LogP contribution in [0, 0.1) is 11.8 Å². The molecule has 74 valence electrons. The molecular formula is C11H12BrNO. The molecule has 1 aliphatic carbocycles. The van der Waals surface area contributed by atoms with Crippen LogP contribution < -0.4 is 5.32 Å². The van der Waals surface area contributed by atoms with E-state index in [1.54, 1.807) is 0 Å². The Balaban J connectivity index is 2.00. The van der Waals surface area contributed by atoms with Crippen molar-refractivity contribution >= 4 is 27.5 Å². The minimum absolute atomic E-state index is 0.149. The molecule has 1 N–H and O–H groups in total. The van der Waals surface area contributed by atoms with E-state index in [4.69, 9.17) is 0 Å². The predicted octanol–water partition coefficient (Wildman–Crippen LogP) is 3.04. The number of benzene rings is 1. The molecule has 2 atom stereocenters. The Morgan fingerprint density at radius 1 is 1.57 bits per heavy atom. The van der Waals surface area contributed by atoms with E-state index in [9.17, 15) is 4.79 Å². The second kappa shape index (κ2) is 3.73. The van der Waals surface area contributed by atoms with Crippen LogP contribution in [0.1, 0.15) is 13.3 Å². The minimum atomic E-state index is 0.149. The molecule has 0 aromatic heterocycles. The maximum atomic E-state index is 11.6. The third-order valence-corrected chi connectivity index (χ3v) is 3.03. The number of halogens is 1. The summed E-state index contributed by atoms with van der Waals surface area (Å²) in [5.74, 6) is 0.937. The predicted molar refractivity (Wildman–Crippen MR) is 60.0 cm³/mol. The van der Waals surface area contributed by atoms with Gasteiger partial charge in [-0.1, -0.05) is 28.9 Å². The molecule has 2 rings (SSSR count). The summed E-state index contributed by atoms with van der Waals surface area (Å²) >= 11 is 3.37. The quantitative estimate of drug-likeness (QED) is 0.863. The van der Waals surface area contributed by atoms with Crippen LogP contribution in [0.15, 0.2) is 28.7 Å². The summed E-state index contributed by atoms with van der Waals surface area (Å²) < 4.78 is 0.985. The topological polar surface area (TPSA) is 29.1 Å². The van der Waals surface area contributed by atoms with E-state index < -0.39 is 0 Å². The molecule has 0 saturated heterocycles. The zero-order chi connectivity index (χ0) is 10.1. The third kappa shape index (κ3) is 2.15. The fourth-order valence-electron chi connectivity index (χ4n) is 1.49. The van der Waals surface area contributed by atoms with Crippen molar-refractivity contribution in [1.82, 2.24) is 0 Å². The fraction of sp³-hybridized carbons (Fsp3) is 0.364. The van der Waals surface area contributed by atoms with Crippen molar-refractivity contribution in [2.24, 2.45) is 11.8 Å². The van der Waals surface area contributed by atoms with Crippen molar-refractivity contribution in [2.75, 3.05) is 5.32 Å². The van der Waals surface area contributed by atoms with E-state index in [1.165, 1.54) is 0 Å². The van der Waals surface area contributed by atoms with E-state index >= 15 is 0 Å². The first kappa shape index (κ1) is 9.71. The van der Waals surface area contributed by atoms with Gasteiger partial charge in [0, 0.05) is 16.1 Å². The Labute approximate surface area is 91.8 Å². The lowest BCUT2D eigenvalue weighted by Gasteiger charge is -2.04. The normalized spacial score (nSPS) is 24.4. The van der Waals surface area contributed by atoms with Crippen LogP contribution >= 0.6 is 15.9 Å². The molecule has 2 nitrogen and oxygen atoms in total. The SMILES string of the molecule is C[C@H]1C[C@H]1C(=O)Nc1cccc(Br)c1. The number of carbonyl (C=O) groups is 1. The van der Waals surface area contributed by atoms with Crippen molar-refractivity contribution in [1.29, 1.82) is 0 Å². The highest BCUT2D eigenvalue weighted by Crippen LogP contribution is 2.38. The zero-order valence-electron chi connectivity index (χ0n) is 7.96. The lowest BCUT2D eigenvalue weighted by atomic mass is 10.3. The molecule has 0 spiro atoms. The van der Waals surface area contributed by atoms with E-state index in [0.29, 0.717) is 5.92 Å². The second-order valence-electron chi connectivity index (χ2n) is 3.82. The molecule has 1 aliphatic rings. The monoisotopic (exact) mass is 253 g/mol. The van der Waals surface area contributed by atoms with Gasteiger partial charge in [0.2, 0.25) is 5.91 Å². The molecule has 3 heteroatoms. The number of hydrogen-bond acceptors (Lipinski definition) is 1. The summed E-state index contributed by atoms with van der Waals surface area (Å²) in [4.78, 5) is 11.6. The maximum absolute atomic E-state index is 11.6. The molecule has 0 bridgehead atoms. The summed E-state index contributed by atoms with van der Waals surface area (Å²) in [6.07, 6.45) is 1.03. The Morgan fingerprint density at radius 2 is 2.29 bits per heavy atom. The Hall–Kier alpha value is -0.830. The van der Waals surface area contributed by atoms with Crippen molar-refractivity contribution in [3.8, 4) is 0 Å². The van der Waals surface area contributed by atoms with Crippen molar-refractivity contribution in [3.63, 3.8) is 0 Å². The van der Waals surface area contributed by atoms with Gasteiger partial charge in [0.1, 0.15) is 0 Å². The summed E-state index contributed by atoms with van der Waals surface area (Å²) in [7, 11) is 0. The number of hydrogen-bond donors (Lipinski definition) is 1. The molecule has 1 saturated carbocycles. The average Bonchev–Trinajstić information content (AvgIpc) is 2.82. The van der Waals surface area contributed by atoms with Crippen LogP contribution in [0.5, 0.6) is 0 Å². The van der Waals surface area contributed by atoms with Gasteiger partial charge in [-0.05, 0) is 30.5 Å². The smallest absolute Gasteiger partial charge is 0.227 e. The average molecular weight is 254 g/mol. The molecule has 1 aromatic rings. The largest absolute Gasteiger partial charge is 0.326 e. The molecule has 1 aromatic carbocycles. The van der Waals surface area contributed by atoms with Crippen LogP contribution in [0.4, 0.5) is 5.69 Å². The summed E-state index contributed by atoms with van der Waals surface area (Å²) in [5.41, 5.74) is 0.864. The van der Waals surface area contributed by atoms with Crippen LogP contribution in [-0.2, 0) is 4.79 Å². The molecule has 1 amide bonds. The zero-order valence-corrected chi connectivity index (χ0v) is 9.54. The lowest BCUT2D eigenvalue weighted by Crippen LogP contribution is -2.14. The van der Waals surface area contributed by atoms with Gasteiger partial charge in [0.25, 0.3) is 0 Å². The van der Waals surface area contributed by atoms with Crippen LogP contribution in [0.25, 0.3) is 0 Å². The number of anilines is 1. The number of nitrogens with one attached hydrogen (secondary N) is 1. The minimum Gasteiger partial charge on any atom is -0.326 e. The van der Waals surface area contributed by atoms with E-state index in [2.05, 4.69) is 28.2 Å². The van der Waals surface area contributed by atoms with E-state index in [0.717, 1.165) is 16.6 Å².